The molecule has 1 saturated heterocycles. The second-order valence-corrected chi connectivity index (χ2v) is 14.1. The fourth-order valence-electron chi connectivity index (χ4n) is 5.11. The molecule has 0 spiro atoms. The number of thioether (sulfide) groups is 1. The Bertz CT molecular complexity index is 1750. The molecule has 0 saturated carbocycles. The van der Waals surface area contributed by atoms with Crippen molar-refractivity contribution in [1.29, 1.82) is 0 Å². The Morgan fingerprint density at radius 1 is 0.979 bits per heavy atom. The average Bonchev–Trinajstić information content (AvgIpc) is 3.66. The minimum atomic E-state index is -0.994. The lowest BCUT2D eigenvalue weighted by atomic mass is 9.95. The number of hydrogen-bond donors (Lipinski definition) is 1. The summed E-state index contributed by atoms with van der Waals surface area (Å²) in [6.45, 7) is 9.47. The highest BCUT2D eigenvalue weighted by Crippen LogP contribution is 2.45. The van der Waals surface area contributed by atoms with Crippen molar-refractivity contribution >= 4 is 45.7 Å². The van der Waals surface area contributed by atoms with Gasteiger partial charge in [-0.2, -0.15) is 0 Å². The number of amides is 1. The predicted octanol–water partition coefficient (Wildman–Crippen LogP) is 8.38. The zero-order valence-corrected chi connectivity index (χ0v) is 29.5. The number of hydrogen-bond acceptors (Lipinski definition) is 10. The van der Waals surface area contributed by atoms with Crippen molar-refractivity contribution < 1.29 is 28.9 Å². The summed E-state index contributed by atoms with van der Waals surface area (Å²) in [5.74, 6) is 0.869. The number of aliphatic hydroxyl groups excluding tert-OH is 1. The van der Waals surface area contributed by atoms with Gasteiger partial charge in [-0.15, -0.1) is 10.2 Å². The summed E-state index contributed by atoms with van der Waals surface area (Å²) in [4.78, 5) is 28.9. The van der Waals surface area contributed by atoms with E-state index in [0.29, 0.717) is 57.6 Å². The molecule has 1 aliphatic heterocycles. The van der Waals surface area contributed by atoms with Gasteiger partial charge in [0.05, 0.1) is 31.9 Å². The van der Waals surface area contributed by atoms with Gasteiger partial charge in [-0.05, 0) is 73.2 Å². The molecule has 0 radical (unpaired) electrons. The molecular weight excluding hydrogens is 647 g/mol. The Morgan fingerprint density at radius 2 is 1.73 bits per heavy atom. The zero-order valence-electron chi connectivity index (χ0n) is 27.9. The van der Waals surface area contributed by atoms with Crippen LogP contribution in [-0.4, -0.2) is 47.3 Å². The van der Waals surface area contributed by atoms with E-state index in [-0.39, 0.29) is 16.5 Å². The van der Waals surface area contributed by atoms with E-state index >= 15 is 0 Å². The van der Waals surface area contributed by atoms with Crippen molar-refractivity contribution in [3.8, 4) is 17.2 Å². The lowest BCUT2D eigenvalue weighted by Gasteiger charge is -2.23. The van der Waals surface area contributed by atoms with Crippen LogP contribution in [0.2, 0.25) is 0 Å². The molecular formula is C37H41N3O6S2. The third kappa shape index (κ3) is 8.19. The number of carbonyl (C=O) groups is 2. The fourth-order valence-corrected chi connectivity index (χ4v) is 6.93. The van der Waals surface area contributed by atoms with E-state index < -0.39 is 17.7 Å². The maximum absolute atomic E-state index is 13.8. The number of aliphatic hydroxyl groups is 1. The summed E-state index contributed by atoms with van der Waals surface area (Å²) < 4.78 is 18.1. The number of aromatic nitrogens is 2. The number of aryl methyl sites for hydroxylation is 1. The average molecular weight is 688 g/mol. The van der Waals surface area contributed by atoms with Crippen molar-refractivity contribution in [3.63, 3.8) is 0 Å². The van der Waals surface area contributed by atoms with E-state index in [1.54, 1.807) is 42.5 Å². The summed E-state index contributed by atoms with van der Waals surface area (Å²) in [6.07, 6.45) is 2.80. The fraction of sp³-hybridized carbons (Fsp3) is 0.351. The van der Waals surface area contributed by atoms with E-state index in [1.165, 1.54) is 40.7 Å². The first-order valence-electron chi connectivity index (χ1n) is 16.1. The highest BCUT2D eigenvalue weighted by molar-refractivity contribution is 8.00. The molecule has 11 heteroatoms. The Balaban J connectivity index is 1.52. The minimum absolute atomic E-state index is 0.0563. The van der Waals surface area contributed by atoms with Gasteiger partial charge in [0, 0.05) is 11.3 Å². The van der Waals surface area contributed by atoms with Gasteiger partial charge in [0.1, 0.15) is 11.5 Å². The van der Waals surface area contributed by atoms with Crippen LogP contribution in [0.3, 0.4) is 0 Å². The van der Waals surface area contributed by atoms with Gasteiger partial charge in [-0.1, -0.05) is 86.2 Å². The van der Waals surface area contributed by atoms with E-state index in [4.69, 9.17) is 14.2 Å². The summed E-state index contributed by atoms with van der Waals surface area (Å²) >= 11 is 2.72. The van der Waals surface area contributed by atoms with Crippen LogP contribution in [0.5, 0.6) is 17.2 Å². The van der Waals surface area contributed by atoms with Crippen LogP contribution in [0.15, 0.2) is 76.6 Å². The lowest BCUT2D eigenvalue weighted by Crippen LogP contribution is -2.29. The molecule has 0 aliphatic carbocycles. The van der Waals surface area contributed by atoms with Gasteiger partial charge in [-0.25, -0.2) is 0 Å². The van der Waals surface area contributed by atoms with Crippen LogP contribution in [0.4, 0.5) is 5.13 Å². The van der Waals surface area contributed by atoms with Gasteiger partial charge in [0.15, 0.2) is 15.8 Å². The minimum Gasteiger partial charge on any atom is -0.507 e. The van der Waals surface area contributed by atoms with Gasteiger partial charge >= 0.3 is 5.91 Å². The van der Waals surface area contributed by atoms with Crippen molar-refractivity contribution in [1.82, 2.24) is 10.2 Å². The molecule has 2 heterocycles. The molecule has 1 unspecified atom stereocenters. The number of Topliss-reactive ketones (excluding diaryl/α,β-unsaturated/α-hetero) is 1. The van der Waals surface area contributed by atoms with Crippen LogP contribution in [0.1, 0.15) is 68.3 Å². The molecule has 1 N–H and O–H groups in total. The Morgan fingerprint density at radius 3 is 2.42 bits per heavy atom. The number of ether oxygens (including phenoxy) is 3. The standard InChI is InChI=1S/C37H41N3O6S2/c1-6-7-19-45-28-15-12-26(13-16-28)33(41)31-32(27-14-17-29(30(21-27)44-5)46-20-18-23(2)3)40(35(43)34(31)42)36-38-39-37(48-36)47-22-25-10-8-24(4)9-11-25/h8-17,21,23,32,41H,6-7,18-20,22H2,1-5H3. The maximum Gasteiger partial charge on any atom is 0.301 e. The highest BCUT2D eigenvalue weighted by Gasteiger charge is 2.48. The molecule has 48 heavy (non-hydrogen) atoms. The molecule has 3 aromatic carbocycles. The Labute approximate surface area is 290 Å². The van der Waals surface area contributed by atoms with Crippen molar-refractivity contribution in [2.24, 2.45) is 5.92 Å². The number of methoxy groups -OCH3 is 1. The first kappa shape index (κ1) is 35.0. The third-order valence-electron chi connectivity index (χ3n) is 7.88. The molecule has 4 aromatic rings. The third-order valence-corrected chi connectivity index (χ3v) is 10.0. The SMILES string of the molecule is CCCCOc1ccc(C(O)=C2C(=O)C(=O)N(c3nnc(SCc4ccc(C)cc4)s3)C2c2ccc(OCCC(C)C)c(OC)c2)cc1. The monoisotopic (exact) mass is 687 g/mol. The first-order chi connectivity index (χ1) is 23.2. The van der Waals surface area contributed by atoms with Gasteiger partial charge in [0.2, 0.25) is 5.13 Å². The summed E-state index contributed by atoms with van der Waals surface area (Å²) in [7, 11) is 1.54. The quantitative estimate of drug-likeness (QED) is 0.0329. The van der Waals surface area contributed by atoms with Crippen LogP contribution < -0.4 is 19.1 Å². The molecule has 252 valence electrons. The molecule has 0 bridgehead atoms. The number of rotatable bonds is 15. The number of carbonyl (C=O) groups excluding carboxylic acids is 2. The van der Waals surface area contributed by atoms with Crippen LogP contribution in [0, 0.1) is 12.8 Å². The maximum atomic E-state index is 13.8. The molecule has 1 fully saturated rings. The van der Waals surface area contributed by atoms with Crippen LogP contribution in [0.25, 0.3) is 5.76 Å². The molecule has 1 amide bonds. The lowest BCUT2D eigenvalue weighted by molar-refractivity contribution is -0.132. The number of anilines is 1. The highest BCUT2D eigenvalue weighted by atomic mass is 32.2. The second kappa shape index (κ2) is 16.2. The zero-order chi connectivity index (χ0) is 34.2. The van der Waals surface area contributed by atoms with E-state index in [9.17, 15) is 14.7 Å². The van der Waals surface area contributed by atoms with E-state index in [1.807, 2.05) is 6.92 Å². The van der Waals surface area contributed by atoms with E-state index in [2.05, 4.69) is 55.2 Å². The van der Waals surface area contributed by atoms with Crippen LogP contribution in [-0.2, 0) is 15.3 Å². The molecule has 9 nitrogen and oxygen atoms in total. The van der Waals surface area contributed by atoms with Crippen molar-refractivity contribution in [2.45, 2.75) is 63.1 Å². The summed E-state index contributed by atoms with van der Waals surface area (Å²) in [5, 5.41) is 20.6. The number of ketones is 1. The second-order valence-electron chi connectivity index (χ2n) is 12.0. The normalized spacial score (nSPS) is 15.7. The van der Waals surface area contributed by atoms with Gasteiger partial charge < -0.3 is 19.3 Å². The van der Waals surface area contributed by atoms with Gasteiger partial charge in [-0.3, -0.25) is 14.5 Å². The largest absolute Gasteiger partial charge is 0.507 e. The summed E-state index contributed by atoms with van der Waals surface area (Å²) in [5.41, 5.74) is 3.19. The van der Waals surface area contributed by atoms with Crippen LogP contribution >= 0.6 is 23.1 Å². The van der Waals surface area contributed by atoms with Gasteiger partial charge in [0.25, 0.3) is 5.78 Å². The number of nitrogens with zero attached hydrogens (tertiary/aromatic N) is 3. The molecule has 1 aromatic heterocycles. The van der Waals surface area contributed by atoms with E-state index in [0.717, 1.165) is 24.8 Å². The Hall–Kier alpha value is -4.35. The number of benzene rings is 3. The van der Waals surface area contributed by atoms with Crippen molar-refractivity contribution in [3.05, 3.63) is 94.6 Å². The molecule has 1 atom stereocenters. The van der Waals surface area contributed by atoms with Crippen molar-refractivity contribution in [2.75, 3.05) is 25.2 Å². The molecule has 5 rings (SSSR count). The molecule has 1 aliphatic rings. The Kier molecular flexibility index (Phi) is 11.8. The number of unbranched alkanes of at least 4 members (excludes halogenated alkanes) is 1. The summed E-state index contributed by atoms with van der Waals surface area (Å²) in [6, 6.07) is 19.4. The smallest absolute Gasteiger partial charge is 0.301 e. The predicted molar refractivity (Wildman–Crippen MR) is 190 cm³/mol. The topological polar surface area (TPSA) is 111 Å². The first-order valence-corrected chi connectivity index (χ1v) is 17.9.